The average Bonchev–Trinajstić information content (AvgIpc) is 2.58. The Hall–Kier alpha value is -0.870. The summed E-state index contributed by atoms with van der Waals surface area (Å²) in [5, 5.41) is 9.72. The summed E-state index contributed by atoms with van der Waals surface area (Å²) in [7, 11) is 6.02. The van der Waals surface area contributed by atoms with Crippen LogP contribution in [0.1, 0.15) is 18.7 Å². The first-order chi connectivity index (χ1) is 7.09. The van der Waals surface area contributed by atoms with Crippen molar-refractivity contribution >= 4 is 0 Å². The molecule has 4 heteroatoms. The molecule has 4 nitrogen and oxygen atoms in total. The van der Waals surface area contributed by atoms with Gasteiger partial charge in [0.15, 0.2) is 0 Å². The van der Waals surface area contributed by atoms with E-state index in [0.29, 0.717) is 0 Å². The molecule has 0 aromatic carbocycles. The Morgan fingerprint density at radius 1 is 1.47 bits per heavy atom. The fourth-order valence-corrected chi connectivity index (χ4v) is 1.48. The molecular weight excluding hydrogens is 190 g/mol. The van der Waals surface area contributed by atoms with Crippen LogP contribution >= 0.6 is 0 Å². The number of aliphatic hydroxyl groups excluding tert-OH is 1. The maximum absolute atomic E-state index is 9.72. The SMILES string of the molecule is CN(C)CCC(O)CCc1nccn1C. The Morgan fingerprint density at radius 2 is 2.20 bits per heavy atom. The summed E-state index contributed by atoms with van der Waals surface area (Å²) in [6, 6.07) is 0. The topological polar surface area (TPSA) is 41.3 Å². The van der Waals surface area contributed by atoms with Gasteiger partial charge in [0, 0.05) is 25.9 Å². The van der Waals surface area contributed by atoms with E-state index < -0.39 is 0 Å². The van der Waals surface area contributed by atoms with E-state index >= 15 is 0 Å². The van der Waals surface area contributed by atoms with E-state index in [-0.39, 0.29) is 6.10 Å². The van der Waals surface area contributed by atoms with Gasteiger partial charge in [0.1, 0.15) is 5.82 Å². The van der Waals surface area contributed by atoms with E-state index in [4.69, 9.17) is 0 Å². The van der Waals surface area contributed by atoms with Crippen molar-refractivity contribution in [3.63, 3.8) is 0 Å². The number of aryl methyl sites for hydroxylation is 2. The summed E-state index contributed by atoms with van der Waals surface area (Å²) in [5.41, 5.74) is 0. The number of aliphatic hydroxyl groups is 1. The fraction of sp³-hybridized carbons (Fsp3) is 0.727. The van der Waals surface area contributed by atoms with Crippen molar-refractivity contribution in [3.8, 4) is 0 Å². The lowest BCUT2D eigenvalue weighted by Crippen LogP contribution is -2.20. The molecule has 0 fully saturated rings. The van der Waals surface area contributed by atoms with Crippen LogP contribution in [0.5, 0.6) is 0 Å². The predicted molar refractivity (Wildman–Crippen MR) is 60.7 cm³/mol. The minimum atomic E-state index is -0.218. The zero-order valence-corrected chi connectivity index (χ0v) is 9.85. The van der Waals surface area contributed by atoms with Gasteiger partial charge in [-0.05, 0) is 33.5 Å². The summed E-state index contributed by atoms with van der Waals surface area (Å²) in [6.07, 6.45) is 5.97. The first-order valence-electron chi connectivity index (χ1n) is 5.38. The van der Waals surface area contributed by atoms with Crippen molar-refractivity contribution in [1.82, 2.24) is 14.5 Å². The highest BCUT2D eigenvalue weighted by atomic mass is 16.3. The molecule has 0 aliphatic heterocycles. The molecule has 0 radical (unpaired) electrons. The lowest BCUT2D eigenvalue weighted by molar-refractivity contribution is 0.142. The third-order valence-corrected chi connectivity index (χ3v) is 2.53. The van der Waals surface area contributed by atoms with Gasteiger partial charge in [-0.15, -0.1) is 0 Å². The molecule has 0 saturated carbocycles. The Balaban J connectivity index is 2.22. The summed E-state index contributed by atoms with van der Waals surface area (Å²) in [4.78, 5) is 6.31. The first-order valence-corrected chi connectivity index (χ1v) is 5.38. The number of nitrogens with zero attached hydrogens (tertiary/aromatic N) is 3. The maximum Gasteiger partial charge on any atom is 0.108 e. The molecular formula is C11H21N3O. The van der Waals surface area contributed by atoms with Gasteiger partial charge in [-0.2, -0.15) is 0 Å². The van der Waals surface area contributed by atoms with Crippen LogP contribution in [0.2, 0.25) is 0 Å². The van der Waals surface area contributed by atoms with E-state index in [0.717, 1.165) is 31.6 Å². The summed E-state index contributed by atoms with van der Waals surface area (Å²) in [5.74, 6) is 1.04. The van der Waals surface area contributed by atoms with Gasteiger partial charge in [0.25, 0.3) is 0 Å². The summed E-state index contributed by atoms with van der Waals surface area (Å²) in [6.45, 7) is 0.932. The second-order valence-electron chi connectivity index (χ2n) is 4.24. The van der Waals surface area contributed by atoms with Gasteiger partial charge in [-0.3, -0.25) is 0 Å². The molecule has 0 bridgehead atoms. The van der Waals surface area contributed by atoms with Crippen LogP contribution in [0.15, 0.2) is 12.4 Å². The molecule has 0 saturated heterocycles. The van der Waals surface area contributed by atoms with Crippen LogP contribution in [0.25, 0.3) is 0 Å². The zero-order valence-electron chi connectivity index (χ0n) is 9.85. The number of imidazole rings is 1. The highest BCUT2D eigenvalue weighted by Crippen LogP contribution is 2.05. The Bertz CT molecular complexity index is 283. The number of aromatic nitrogens is 2. The van der Waals surface area contributed by atoms with Gasteiger partial charge in [-0.1, -0.05) is 0 Å². The molecule has 1 N–H and O–H groups in total. The molecule has 15 heavy (non-hydrogen) atoms. The zero-order chi connectivity index (χ0) is 11.3. The van der Waals surface area contributed by atoms with Crippen LogP contribution in [-0.2, 0) is 13.5 Å². The second kappa shape index (κ2) is 5.88. The van der Waals surface area contributed by atoms with Crippen LogP contribution in [0, 0.1) is 0 Å². The maximum atomic E-state index is 9.72. The lowest BCUT2D eigenvalue weighted by atomic mass is 10.1. The molecule has 1 heterocycles. The third kappa shape index (κ3) is 4.44. The number of hydrogen-bond acceptors (Lipinski definition) is 3. The Labute approximate surface area is 91.5 Å². The van der Waals surface area contributed by atoms with E-state index in [9.17, 15) is 5.11 Å². The molecule has 0 spiro atoms. The van der Waals surface area contributed by atoms with Gasteiger partial charge in [0.05, 0.1) is 6.10 Å². The monoisotopic (exact) mass is 211 g/mol. The number of hydrogen-bond donors (Lipinski definition) is 1. The van der Waals surface area contributed by atoms with Crippen LogP contribution in [0.4, 0.5) is 0 Å². The first kappa shape index (κ1) is 12.2. The van der Waals surface area contributed by atoms with Crippen molar-refractivity contribution in [2.75, 3.05) is 20.6 Å². The predicted octanol–water partition coefficient (Wildman–Crippen LogP) is 0.665. The van der Waals surface area contributed by atoms with Crippen molar-refractivity contribution in [3.05, 3.63) is 18.2 Å². The smallest absolute Gasteiger partial charge is 0.108 e. The summed E-state index contributed by atoms with van der Waals surface area (Å²) >= 11 is 0. The molecule has 86 valence electrons. The molecule has 0 amide bonds. The molecule has 1 atom stereocenters. The lowest BCUT2D eigenvalue weighted by Gasteiger charge is -2.14. The molecule has 1 aromatic rings. The van der Waals surface area contributed by atoms with Crippen molar-refractivity contribution in [2.24, 2.45) is 7.05 Å². The standard InChI is InChI=1S/C11H21N3O/c1-13(2)8-6-10(15)4-5-11-12-7-9-14(11)3/h7,9-10,15H,4-6,8H2,1-3H3. The Kier molecular flexibility index (Phi) is 4.78. The van der Waals surface area contributed by atoms with Gasteiger partial charge >= 0.3 is 0 Å². The van der Waals surface area contributed by atoms with E-state index in [1.54, 1.807) is 6.20 Å². The van der Waals surface area contributed by atoms with Gasteiger partial charge in [0.2, 0.25) is 0 Å². The second-order valence-corrected chi connectivity index (χ2v) is 4.24. The molecule has 0 aliphatic rings. The van der Waals surface area contributed by atoms with Crippen molar-refractivity contribution in [2.45, 2.75) is 25.4 Å². The van der Waals surface area contributed by atoms with Gasteiger partial charge in [-0.25, -0.2) is 4.98 Å². The minimum Gasteiger partial charge on any atom is -0.393 e. The number of rotatable bonds is 6. The van der Waals surface area contributed by atoms with Gasteiger partial charge < -0.3 is 14.6 Å². The van der Waals surface area contributed by atoms with Crippen LogP contribution in [-0.4, -0.2) is 46.3 Å². The minimum absolute atomic E-state index is 0.218. The van der Waals surface area contributed by atoms with Crippen LogP contribution < -0.4 is 0 Å². The normalized spacial score (nSPS) is 13.4. The fourth-order valence-electron chi connectivity index (χ4n) is 1.48. The summed E-state index contributed by atoms with van der Waals surface area (Å²) < 4.78 is 2.00. The van der Waals surface area contributed by atoms with Crippen molar-refractivity contribution in [1.29, 1.82) is 0 Å². The van der Waals surface area contributed by atoms with E-state index in [1.807, 2.05) is 31.9 Å². The molecule has 1 aromatic heterocycles. The molecule has 0 aliphatic carbocycles. The molecule has 1 rings (SSSR count). The van der Waals surface area contributed by atoms with E-state index in [2.05, 4.69) is 9.88 Å². The quantitative estimate of drug-likeness (QED) is 0.752. The van der Waals surface area contributed by atoms with Crippen molar-refractivity contribution < 1.29 is 5.11 Å². The highest BCUT2D eigenvalue weighted by molar-refractivity contribution is 4.91. The van der Waals surface area contributed by atoms with Crippen LogP contribution in [0.3, 0.4) is 0 Å². The molecule has 1 unspecified atom stereocenters. The average molecular weight is 211 g/mol. The highest BCUT2D eigenvalue weighted by Gasteiger charge is 2.07. The largest absolute Gasteiger partial charge is 0.393 e. The third-order valence-electron chi connectivity index (χ3n) is 2.53. The van der Waals surface area contributed by atoms with E-state index in [1.165, 1.54) is 0 Å². The Morgan fingerprint density at radius 3 is 2.73 bits per heavy atom.